The van der Waals surface area contributed by atoms with Crippen LogP contribution in [0.2, 0.25) is 0 Å². The number of likely N-dealkylation sites (tertiary alicyclic amines) is 1. The normalized spacial score (nSPS) is 19.4. The van der Waals surface area contributed by atoms with Crippen molar-refractivity contribution in [3.05, 3.63) is 42.7 Å². The first-order chi connectivity index (χ1) is 16.8. The number of hydrogen-bond donors (Lipinski definition) is 1. The van der Waals surface area contributed by atoms with Crippen molar-refractivity contribution in [3.8, 4) is 17.1 Å². The van der Waals surface area contributed by atoms with Crippen LogP contribution in [0.4, 0.5) is 28.2 Å². The third kappa shape index (κ3) is 5.80. The minimum absolute atomic E-state index is 0.0395. The smallest absolute Gasteiger partial charge is 0.425 e. The molecule has 0 unspecified atom stereocenters. The molecule has 0 aromatic carbocycles. The van der Waals surface area contributed by atoms with Crippen LogP contribution < -0.4 is 10.1 Å². The fraction of sp³-hybridized carbons (Fsp3) is 0.458. The quantitative estimate of drug-likeness (QED) is 0.483. The van der Waals surface area contributed by atoms with E-state index in [1.54, 1.807) is 49.6 Å². The summed E-state index contributed by atoms with van der Waals surface area (Å²) in [4.78, 5) is 22.4. The summed E-state index contributed by atoms with van der Waals surface area (Å²) in [6.45, 7) is 6.21. The van der Waals surface area contributed by atoms with Gasteiger partial charge in [-0.1, -0.05) is 6.07 Å². The molecular weight excluding hydrogens is 482 g/mol. The van der Waals surface area contributed by atoms with Crippen LogP contribution in [0, 0.1) is 0 Å². The van der Waals surface area contributed by atoms with Crippen molar-refractivity contribution >= 4 is 17.6 Å². The van der Waals surface area contributed by atoms with Crippen molar-refractivity contribution in [2.24, 2.45) is 0 Å². The second kappa shape index (κ2) is 9.47. The van der Waals surface area contributed by atoms with Gasteiger partial charge in [-0.2, -0.15) is 13.2 Å². The summed E-state index contributed by atoms with van der Waals surface area (Å²) in [6, 6.07) is 7.31. The minimum atomic E-state index is -4.48. The molecule has 0 radical (unpaired) electrons. The van der Waals surface area contributed by atoms with E-state index >= 15 is 0 Å². The van der Waals surface area contributed by atoms with E-state index in [1.807, 2.05) is 0 Å². The predicted molar refractivity (Wildman–Crippen MR) is 125 cm³/mol. The van der Waals surface area contributed by atoms with E-state index < -0.39 is 36.2 Å². The van der Waals surface area contributed by atoms with Crippen molar-refractivity contribution in [1.82, 2.24) is 19.3 Å². The van der Waals surface area contributed by atoms with Crippen molar-refractivity contribution in [2.75, 3.05) is 18.4 Å². The molecule has 0 saturated carbocycles. The van der Waals surface area contributed by atoms with Crippen LogP contribution in [0.3, 0.4) is 0 Å². The molecule has 36 heavy (non-hydrogen) atoms. The monoisotopic (exact) mass is 509 g/mol. The average Bonchev–Trinajstić information content (AvgIpc) is 3.35. The number of carbonyl (C=O) groups excluding carboxylic acids is 1. The van der Waals surface area contributed by atoms with Gasteiger partial charge in [-0.25, -0.2) is 19.2 Å². The number of nitrogens with one attached hydrogen (secondary N) is 1. The highest BCUT2D eigenvalue weighted by Crippen LogP contribution is 2.28. The molecule has 8 nitrogen and oxygen atoms in total. The second-order valence-corrected chi connectivity index (χ2v) is 9.60. The summed E-state index contributed by atoms with van der Waals surface area (Å²) in [5.74, 6) is 0.442. The highest BCUT2D eigenvalue weighted by atomic mass is 19.4. The third-order valence-corrected chi connectivity index (χ3v) is 5.50. The topological polar surface area (TPSA) is 81.0 Å². The molecule has 3 aromatic rings. The number of carbonyl (C=O) groups is 1. The van der Waals surface area contributed by atoms with Crippen LogP contribution in [-0.4, -0.2) is 68.5 Å². The second-order valence-electron chi connectivity index (χ2n) is 9.60. The molecule has 1 aliphatic rings. The Balaban J connectivity index is 1.48. The number of aromatic nitrogens is 3. The number of hydrogen-bond acceptors (Lipinski definition) is 6. The number of amides is 1. The number of alkyl halides is 4. The lowest BCUT2D eigenvalue weighted by Gasteiger charge is -2.24. The minimum Gasteiger partial charge on any atom is -0.481 e. The first-order valence-corrected chi connectivity index (χ1v) is 11.4. The number of anilines is 1. The molecule has 4 rings (SSSR count). The number of ether oxygens (including phenoxy) is 2. The van der Waals surface area contributed by atoms with Gasteiger partial charge in [-0.3, -0.25) is 4.40 Å². The molecule has 3 atom stereocenters. The molecule has 1 saturated heterocycles. The van der Waals surface area contributed by atoms with Gasteiger partial charge < -0.3 is 19.7 Å². The van der Waals surface area contributed by atoms with E-state index in [0.29, 0.717) is 22.9 Å². The molecule has 0 spiro atoms. The summed E-state index contributed by atoms with van der Waals surface area (Å²) in [6.07, 6.45) is -5.24. The standard InChI is InChI=1S/C24H27F4N5O3/c1-14(24(26,27)28)35-15-8-9-33-19(11-29-21(33)10-15)17-6-5-7-20(30-17)31-18-13-32(12-16(18)25)22(34)36-23(2,3)4/h5-11,14,16,18H,12-13H2,1-4H3,(H,30,31)/t14-,16+,18+/m1/s1. The number of imidazole rings is 1. The zero-order valence-corrected chi connectivity index (χ0v) is 20.2. The van der Waals surface area contributed by atoms with E-state index in [9.17, 15) is 22.4 Å². The number of pyridine rings is 2. The molecular formula is C24H27F4N5O3. The van der Waals surface area contributed by atoms with Gasteiger partial charge in [0.05, 0.1) is 30.2 Å². The zero-order chi connectivity index (χ0) is 26.3. The zero-order valence-electron chi connectivity index (χ0n) is 20.2. The lowest BCUT2D eigenvalue weighted by Crippen LogP contribution is -2.36. The Morgan fingerprint density at radius 1 is 1.19 bits per heavy atom. The maximum absolute atomic E-state index is 14.7. The molecule has 1 aliphatic heterocycles. The van der Waals surface area contributed by atoms with E-state index in [-0.39, 0.29) is 18.8 Å². The van der Waals surface area contributed by atoms with Crippen LogP contribution in [0.25, 0.3) is 17.0 Å². The Hall–Kier alpha value is -3.57. The highest BCUT2D eigenvalue weighted by Gasteiger charge is 2.38. The van der Waals surface area contributed by atoms with Gasteiger partial charge in [-0.05, 0) is 45.9 Å². The molecule has 12 heteroatoms. The number of nitrogens with zero attached hydrogens (tertiary/aromatic N) is 4. The van der Waals surface area contributed by atoms with Crippen molar-refractivity contribution < 1.29 is 31.8 Å². The molecule has 1 amide bonds. The molecule has 1 fully saturated rings. The largest absolute Gasteiger partial charge is 0.481 e. The van der Waals surface area contributed by atoms with Crippen molar-refractivity contribution in [1.29, 1.82) is 0 Å². The van der Waals surface area contributed by atoms with Crippen LogP contribution in [-0.2, 0) is 4.74 Å². The Kier molecular flexibility index (Phi) is 6.72. The Labute approximate surface area is 205 Å². The lowest BCUT2D eigenvalue weighted by molar-refractivity contribution is -0.189. The Morgan fingerprint density at radius 2 is 1.94 bits per heavy atom. The predicted octanol–water partition coefficient (Wildman–Crippen LogP) is 5.10. The Morgan fingerprint density at radius 3 is 2.64 bits per heavy atom. The van der Waals surface area contributed by atoms with Gasteiger partial charge in [0.25, 0.3) is 0 Å². The maximum Gasteiger partial charge on any atom is 0.425 e. The number of halogens is 4. The van der Waals surface area contributed by atoms with E-state index in [4.69, 9.17) is 9.47 Å². The lowest BCUT2D eigenvalue weighted by atomic mass is 10.2. The molecule has 4 heterocycles. The summed E-state index contributed by atoms with van der Waals surface area (Å²) >= 11 is 0. The number of rotatable bonds is 5. The van der Waals surface area contributed by atoms with Gasteiger partial charge in [0.1, 0.15) is 29.0 Å². The van der Waals surface area contributed by atoms with Gasteiger partial charge in [0.2, 0.25) is 0 Å². The summed E-state index contributed by atoms with van der Waals surface area (Å²) in [5, 5.41) is 3.04. The van der Waals surface area contributed by atoms with Crippen LogP contribution in [0.15, 0.2) is 42.7 Å². The number of fused-ring (bicyclic) bond motifs is 1. The van der Waals surface area contributed by atoms with Crippen LogP contribution >= 0.6 is 0 Å². The molecule has 1 N–H and O–H groups in total. The molecule has 3 aromatic heterocycles. The van der Waals surface area contributed by atoms with Gasteiger partial charge >= 0.3 is 12.3 Å². The molecule has 0 aliphatic carbocycles. The van der Waals surface area contributed by atoms with Crippen LogP contribution in [0.5, 0.6) is 5.75 Å². The molecule has 194 valence electrons. The fourth-order valence-electron chi connectivity index (χ4n) is 3.72. The van der Waals surface area contributed by atoms with Gasteiger partial charge in [-0.15, -0.1) is 0 Å². The summed E-state index contributed by atoms with van der Waals surface area (Å²) < 4.78 is 65.0. The summed E-state index contributed by atoms with van der Waals surface area (Å²) in [5.41, 5.74) is 0.802. The molecule has 0 bridgehead atoms. The first-order valence-electron chi connectivity index (χ1n) is 11.4. The van der Waals surface area contributed by atoms with Gasteiger partial charge in [0.15, 0.2) is 6.10 Å². The van der Waals surface area contributed by atoms with E-state index in [1.165, 1.54) is 23.2 Å². The van der Waals surface area contributed by atoms with Gasteiger partial charge in [0, 0.05) is 18.8 Å². The maximum atomic E-state index is 14.7. The highest BCUT2D eigenvalue weighted by molar-refractivity contribution is 5.69. The third-order valence-electron chi connectivity index (χ3n) is 5.50. The van der Waals surface area contributed by atoms with Crippen molar-refractivity contribution in [3.63, 3.8) is 0 Å². The average molecular weight is 510 g/mol. The Bertz CT molecular complexity index is 1240. The van der Waals surface area contributed by atoms with Crippen molar-refractivity contribution in [2.45, 2.75) is 57.8 Å². The fourth-order valence-corrected chi connectivity index (χ4v) is 3.72. The van der Waals surface area contributed by atoms with E-state index in [0.717, 1.165) is 6.92 Å². The van der Waals surface area contributed by atoms with Crippen LogP contribution in [0.1, 0.15) is 27.7 Å². The summed E-state index contributed by atoms with van der Waals surface area (Å²) in [7, 11) is 0. The first kappa shape index (κ1) is 25.5. The van der Waals surface area contributed by atoms with E-state index in [2.05, 4.69) is 15.3 Å². The SMILES string of the molecule is C[C@@H](Oc1ccn2c(-c3cccc(N[C@H]4CN(C(=O)OC(C)(C)C)C[C@@H]4F)n3)cnc2c1)C(F)(F)F.